The minimum atomic E-state index is -0.174. The molecule has 4 N–H and O–H groups in total. The predicted molar refractivity (Wildman–Crippen MR) is 112 cm³/mol. The number of carbonyl (C=O) groups excluding carboxylic acids is 1. The zero-order valence-corrected chi connectivity index (χ0v) is 16.5. The fraction of sp³-hybridized carbons (Fsp3) is 0.300. The molecule has 0 heterocycles. The number of anilines is 2. The molecule has 0 aliphatic heterocycles. The van der Waals surface area contributed by atoms with E-state index in [2.05, 4.69) is 15.6 Å². The van der Waals surface area contributed by atoms with E-state index in [1.807, 2.05) is 51.1 Å². The number of nitrogens with two attached hydrogens (primary N) is 1. The first-order chi connectivity index (χ1) is 12.8. The summed E-state index contributed by atoms with van der Waals surface area (Å²) < 4.78 is 5.59. The molecule has 0 spiro atoms. The number of aliphatic imine (C=N–C) groups is 1. The van der Waals surface area contributed by atoms with Crippen molar-refractivity contribution in [2.24, 2.45) is 10.7 Å². The zero-order valence-electron chi connectivity index (χ0n) is 15.8. The Hall–Kier alpha value is -2.73. The lowest BCUT2D eigenvalue weighted by molar-refractivity contribution is -0.116. The number of aryl methyl sites for hydroxylation is 1. The van der Waals surface area contributed by atoms with E-state index in [4.69, 9.17) is 22.1 Å². The molecule has 2 aromatic carbocycles. The van der Waals surface area contributed by atoms with Gasteiger partial charge < -0.3 is 21.1 Å². The van der Waals surface area contributed by atoms with E-state index >= 15 is 0 Å². The second-order valence-corrected chi connectivity index (χ2v) is 6.77. The van der Waals surface area contributed by atoms with E-state index in [0.29, 0.717) is 10.7 Å². The Morgan fingerprint density at radius 3 is 2.52 bits per heavy atom. The third-order valence-electron chi connectivity index (χ3n) is 3.52. The monoisotopic (exact) mass is 388 g/mol. The van der Waals surface area contributed by atoms with E-state index in [1.165, 1.54) is 0 Å². The Morgan fingerprint density at radius 1 is 1.19 bits per heavy atom. The molecule has 0 atom stereocenters. The number of carbonyl (C=O) groups is 1. The van der Waals surface area contributed by atoms with Crippen molar-refractivity contribution in [2.45, 2.75) is 33.3 Å². The molecule has 2 aromatic rings. The molecule has 1 amide bonds. The lowest BCUT2D eigenvalue weighted by Crippen LogP contribution is -2.23. The number of hydrogen-bond donors (Lipinski definition) is 3. The van der Waals surface area contributed by atoms with Crippen molar-refractivity contribution in [2.75, 3.05) is 17.2 Å². The maximum Gasteiger partial charge on any atom is 0.226 e. The first-order valence-corrected chi connectivity index (χ1v) is 9.11. The van der Waals surface area contributed by atoms with Crippen LogP contribution in [0.5, 0.6) is 5.75 Å². The van der Waals surface area contributed by atoms with Crippen molar-refractivity contribution in [3.63, 3.8) is 0 Å². The number of ether oxygens (including phenoxy) is 1. The minimum absolute atomic E-state index is 0.122. The number of guanidine groups is 1. The van der Waals surface area contributed by atoms with E-state index in [-0.39, 0.29) is 30.9 Å². The molecule has 2 rings (SSSR count). The summed E-state index contributed by atoms with van der Waals surface area (Å²) in [5.74, 6) is 0.860. The van der Waals surface area contributed by atoms with Crippen molar-refractivity contribution in [1.29, 1.82) is 0 Å². The average Bonchev–Trinajstić information content (AvgIpc) is 2.59. The van der Waals surface area contributed by atoms with Crippen molar-refractivity contribution in [3.05, 3.63) is 53.1 Å². The third kappa shape index (κ3) is 7.19. The van der Waals surface area contributed by atoms with Gasteiger partial charge in [-0.25, -0.2) is 0 Å². The summed E-state index contributed by atoms with van der Waals surface area (Å²) in [4.78, 5) is 16.2. The van der Waals surface area contributed by atoms with Crippen LogP contribution in [-0.4, -0.2) is 24.5 Å². The van der Waals surface area contributed by atoms with Crippen LogP contribution < -0.4 is 21.1 Å². The number of benzene rings is 2. The van der Waals surface area contributed by atoms with E-state index in [0.717, 1.165) is 17.0 Å². The molecule has 6 nitrogen and oxygen atoms in total. The lowest BCUT2D eigenvalue weighted by atomic mass is 10.2. The number of nitrogens with one attached hydrogen (secondary N) is 2. The van der Waals surface area contributed by atoms with Crippen LogP contribution in [0.3, 0.4) is 0 Å². The quantitative estimate of drug-likeness (QED) is 0.490. The molecular formula is C20H25ClN4O2. The normalized spacial score (nSPS) is 11.4. The van der Waals surface area contributed by atoms with Crippen LogP contribution in [0.2, 0.25) is 5.02 Å². The van der Waals surface area contributed by atoms with Crippen LogP contribution >= 0.6 is 11.6 Å². The number of halogens is 1. The van der Waals surface area contributed by atoms with Gasteiger partial charge in [0.15, 0.2) is 5.96 Å². The molecule has 0 aliphatic rings. The van der Waals surface area contributed by atoms with Crippen molar-refractivity contribution >= 4 is 34.8 Å². The van der Waals surface area contributed by atoms with Crippen LogP contribution in [0.1, 0.15) is 25.8 Å². The molecule has 27 heavy (non-hydrogen) atoms. The van der Waals surface area contributed by atoms with Gasteiger partial charge in [0.25, 0.3) is 0 Å². The predicted octanol–water partition coefficient (Wildman–Crippen LogP) is 4.19. The Kier molecular flexibility index (Phi) is 7.49. The number of hydrogen-bond acceptors (Lipinski definition) is 3. The molecule has 0 unspecified atom stereocenters. The summed E-state index contributed by atoms with van der Waals surface area (Å²) in [5.41, 5.74) is 8.28. The van der Waals surface area contributed by atoms with E-state index < -0.39 is 0 Å². The summed E-state index contributed by atoms with van der Waals surface area (Å²) in [6.07, 6.45) is 0.324. The lowest BCUT2D eigenvalue weighted by Gasteiger charge is -2.11. The second kappa shape index (κ2) is 9.83. The number of nitrogens with zero attached hydrogens (tertiary/aromatic N) is 1. The first kappa shape index (κ1) is 20.6. The minimum Gasteiger partial charge on any atom is -0.491 e. The number of amides is 1. The van der Waals surface area contributed by atoms with Gasteiger partial charge in [-0.1, -0.05) is 17.7 Å². The SMILES string of the molecule is Cc1ccc(NC(=O)CCN=C(N)Nc2ccc(OC(C)C)cc2)c(Cl)c1. The molecule has 0 saturated carbocycles. The van der Waals surface area contributed by atoms with Gasteiger partial charge in [-0.3, -0.25) is 9.79 Å². The molecule has 0 aliphatic carbocycles. The zero-order chi connectivity index (χ0) is 19.8. The highest BCUT2D eigenvalue weighted by molar-refractivity contribution is 6.33. The third-order valence-corrected chi connectivity index (χ3v) is 3.83. The summed E-state index contributed by atoms with van der Waals surface area (Å²) in [5, 5.41) is 6.26. The highest BCUT2D eigenvalue weighted by Crippen LogP contribution is 2.22. The Morgan fingerprint density at radius 2 is 1.89 bits per heavy atom. The fourth-order valence-corrected chi connectivity index (χ4v) is 2.57. The van der Waals surface area contributed by atoms with E-state index in [9.17, 15) is 4.79 Å². The van der Waals surface area contributed by atoms with Gasteiger partial charge in [0.2, 0.25) is 5.91 Å². The van der Waals surface area contributed by atoms with Crippen LogP contribution in [-0.2, 0) is 4.79 Å². The number of rotatable bonds is 7. The van der Waals surface area contributed by atoms with Crippen LogP contribution in [0.4, 0.5) is 11.4 Å². The molecule has 0 bridgehead atoms. The van der Waals surface area contributed by atoms with Gasteiger partial charge in [-0.05, 0) is 62.7 Å². The Balaban J connectivity index is 1.80. The molecule has 144 valence electrons. The fourth-order valence-electron chi connectivity index (χ4n) is 2.29. The molecule has 0 fully saturated rings. The van der Waals surface area contributed by atoms with Crippen LogP contribution in [0, 0.1) is 6.92 Å². The second-order valence-electron chi connectivity index (χ2n) is 6.36. The van der Waals surface area contributed by atoms with Gasteiger partial charge in [-0.2, -0.15) is 0 Å². The van der Waals surface area contributed by atoms with Crippen molar-refractivity contribution < 1.29 is 9.53 Å². The highest BCUT2D eigenvalue weighted by Gasteiger charge is 2.06. The molecular weight excluding hydrogens is 364 g/mol. The summed E-state index contributed by atoms with van der Waals surface area (Å²) in [6, 6.07) is 12.9. The highest BCUT2D eigenvalue weighted by atomic mass is 35.5. The maximum atomic E-state index is 12.0. The van der Waals surface area contributed by atoms with Gasteiger partial charge in [-0.15, -0.1) is 0 Å². The van der Waals surface area contributed by atoms with Crippen molar-refractivity contribution in [1.82, 2.24) is 0 Å². The Labute approximate surface area is 164 Å². The first-order valence-electron chi connectivity index (χ1n) is 8.73. The molecule has 0 aromatic heterocycles. The summed E-state index contributed by atoms with van der Waals surface area (Å²) >= 11 is 6.11. The van der Waals surface area contributed by atoms with Gasteiger partial charge in [0.05, 0.1) is 23.4 Å². The smallest absolute Gasteiger partial charge is 0.226 e. The Bertz CT molecular complexity index is 804. The molecule has 0 radical (unpaired) electrons. The van der Waals surface area contributed by atoms with Crippen LogP contribution in [0.25, 0.3) is 0 Å². The summed E-state index contributed by atoms with van der Waals surface area (Å²) in [7, 11) is 0. The maximum absolute atomic E-state index is 12.0. The molecule has 0 saturated heterocycles. The average molecular weight is 389 g/mol. The largest absolute Gasteiger partial charge is 0.491 e. The van der Waals surface area contributed by atoms with Gasteiger partial charge in [0.1, 0.15) is 5.75 Å². The summed E-state index contributed by atoms with van der Waals surface area (Å²) in [6.45, 7) is 6.15. The van der Waals surface area contributed by atoms with E-state index in [1.54, 1.807) is 12.1 Å². The molecule has 7 heteroatoms. The van der Waals surface area contributed by atoms with Gasteiger partial charge in [0, 0.05) is 12.1 Å². The van der Waals surface area contributed by atoms with Gasteiger partial charge >= 0.3 is 0 Å². The topological polar surface area (TPSA) is 88.7 Å². The van der Waals surface area contributed by atoms with Crippen LogP contribution in [0.15, 0.2) is 47.5 Å². The van der Waals surface area contributed by atoms with Crippen molar-refractivity contribution in [3.8, 4) is 5.75 Å². The standard InChI is InChI=1S/C20H25ClN4O2/c1-13(2)27-16-7-5-15(6-8-16)24-20(22)23-11-10-19(26)25-18-9-4-14(3)12-17(18)21/h4-9,12-13H,10-11H2,1-3H3,(H,25,26)(H3,22,23,24).